The largest absolute Gasteiger partial charge is 0.487 e. The molecule has 0 saturated carbocycles. The lowest BCUT2D eigenvalue weighted by Crippen LogP contribution is -2.29. The minimum absolute atomic E-state index is 0.00425. The Kier molecular flexibility index (Phi) is 28.3. The maximum absolute atomic E-state index is 13.9. The Labute approximate surface area is 537 Å². The molecule has 86 heavy (non-hydrogen) atoms. The van der Waals surface area contributed by atoms with E-state index in [-0.39, 0.29) is 94.8 Å². The standard InChI is InChI=1S/C18H17Br2FN2O6S.C18H18Br2FNO5S.C18H18Cl2FNO5S/c1-2-30(27,28)23-13-4-10(3-12(21)7-13)9-29-17-14(19)5-11(6-15(17)20)18(26)22-8-16(24)25;2*1-2-28(25,26)22-14-6-12(5-13(21)9-14)10-27-18-15(19)7-11(8-16(18)20)3-4-17(23)24/h3-7,23H,2,8-9H2,1H3,(H,22,26)(H,24,25);2*5-9,22H,2-4,10H2,1H3,(H,23,24). The molecule has 6 aromatic carbocycles. The number of benzene rings is 6. The normalized spacial score (nSPS) is 11.2. The van der Waals surface area contributed by atoms with Crippen LogP contribution < -0.4 is 33.7 Å². The number of hydrogen-bond donors (Lipinski definition) is 7. The molecule has 7 N–H and O–H groups in total. The summed E-state index contributed by atoms with van der Waals surface area (Å²) >= 11 is 25.7. The number of sulfonamides is 3. The average molecular weight is 1560 g/mol. The molecule has 0 aliphatic carbocycles. The number of carbonyl (C=O) groups excluding carboxylic acids is 1. The molecule has 20 nitrogen and oxygen atoms in total. The number of ether oxygens (including phenoxy) is 3. The van der Waals surface area contributed by atoms with Gasteiger partial charge in [0.2, 0.25) is 30.1 Å². The molecule has 0 fully saturated rings. The van der Waals surface area contributed by atoms with Gasteiger partial charge >= 0.3 is 17.9 Å². The molecule has 466 valence electrons. The van der Waals surface area contributed by atoms with Gasteiger partial charge in [0.1, 0.15) is 55.3 Å². The van der Waals surface area contributed by atoms with E-state index in [1.54, 1.807) is 24.3 Å². The van der Waals surface area contributed by atoms with Crippen molar-refractivity contribution < 1.29 is 87.1 Å². The third-order valence-electron chi connectivity index (χ3n) is 11.0. The van der Waals surface area contributed by atoms with Crippen molar-refractivity contribution in [2.75, 3.05) is 38.0 Å². The number of aliphatic carboxylic acids is 3. The zero-order chi connectivity index (χ0) is 64.3. The molecule has 6 aromatic rings. The molecule has 0 aliphatic heterocycles. The Balaban J connectivity index is 0.000000277. The van der Waals surface area contributed by atoms with Crippen molar-refractivity contribution >= 4 is 158 Å². The number of amides is 1. The number of rotatable bonds is 27. The van der Waals surface area contributed by atoms with Gasteiger partial charge in [-0.05, 0) is 216 Å². The van der Waals surface area contributed by atoms with Gasteiger partial charge in [-0.3, -0.25) is 33.3 Å². The maximum atomic E-state index is 13.9. The molecule has 0 atom stereocenters. The van der Waals surface area contributed by atoms with Gasteiger partial charge in [0.25, 0.3) is 5.91 Å². The van der Waals surface area contributed by atoms with Gasteiger partial charge in [-0.25, -0.2) is 38.4 Å². The van der Waals surface area contributed by atoms with Gasteiger partial charge in [-0.2, -0.15) is 0 Å². The highest BCUT2D eigenvalue weighted by atomic mass is 79.9. The maximum Gasteiger partial charge on any atom is 0.322 e. The van der Waals surface area contributed by atoms with Crippen LogP contribution in [0.4, 0.5) is 30.2 Å². The summed E-state index contributed by atoms with van der Waals surface area (Å²) in [4.78, 5) is 43.9. The zero-order valence-electron chi connectivity index (χ0n) is 45.2. The Morgan fingerprint density at radius 3 is 1.08 bits per heavy atom. The van der Waals surface area contributed by atoms with Gasteiger partial charge < -0.3 is 34.8 Å². The van der Waals surface area contributed by atoms with Crippen molar-refractivity contribution in [3.05, 3.63) is 170 Å². The molecule has 0 bridgehead atoms. The van der Waals surface area contributed by atoms with Gasteiger partial charge in [0.15, 0.2) is 5.75 Å². The van der Waals surface area contributed by atoms with Crippen LogP contribution in [0.3, 0.4) is 0 Å². The first-order chi connectivity index (χ1) is 40.2. The molecule has 0 aliphatic rings. The van der Waals surface area contributed by atoms with Crippen LogP contribution in [0.15, 0.2) is 109 Å². The van der Waals surface area contributed by atoms with Crippen LogP contribution in [0.1, 0.15) is 71.8 Å². The summed E-state index contributed by atoms with van der Waals surface area (Å²) in [5.74, 6) is -4.87. The lowest BCUT2D eigenvalue weighted by Gasteiger charge is -2.13. The summed E-state index contributed by atoms with van der Waals surface area (Å²) in [6.45, 7) is 3.72. The second kappa shape index (κ2) is 33.5. The van der Waals surface area contributed by atoms with E-state index in [2.05, 4.69) is 83.2 Å². The van der Waals surface area contributed by atoms with Crippen molar-refractivity contribution in [3.8, 4) is 17.2 Å². The smallest absolute Gasteiger partial charge is 0.322 e. The van der Waals surface area contributed by atoms with E-state index in [0.717, 1.165) is 23.8 Å². The van der Waals surface area contributed by atoms with Crippen molar-refractivity contribution in [1.29, 1.82) is 0 Å². The van der Waals surface area contributed by atoms with Crippen molar-refractivity contribution in [1.82, 2.24) is 5.32 Å². The number of hydrogen-bond acceptors (Lipinski definition) is 13. The van der Waals surface area contributed by atoms with Crippen LogP contribution in [0, 0.1) is 17.5 Å². The van der Waals surface area contributed by atoms with Crippen LogP contribution in [-0.2, 0) is 77.1 Å². The monoisotopic (exact) mass is 1550 g/mol. The Morgan fingerprint density at radius 1 is 0.453 bits per heavy atom. The number of halogens is 9. The minimum atomic E-state index is -3.56. The number of carboxylic acid groups (broad SMARTS) is 3. The summed E-state index contributed by atoms with van der Waals surface area (Å²) in [7, 11) is -10.6. The van der Waals surface area contributed by atoms with Gasteiger partial charge in [0, 0.05) is 18.4 Å². The lowest BCUT2D eigenvalue weighted by molar-refractivity contribution is -0.138. The topological polar surface area (TPSA) is 307 Å². The van der Waals surface area contributed by atoms with Crippen molar-refractivity contribution in [3.63, 3.8) is 0 Å². The van der Waals surface area contributed by atoms with E-state index >= 15 is 0 Å². The van der Waals surface area contributed by atoms with Gasteiger partial charge in [-0.15, -0.1) is 0 Å². The molecular weight excluding hydrogens is 1500 g/mol. The second-order valence-electron chi connectivity index (χ2n) is 17.8. The van der Waals surface area contributed by atoms with E-state index in [9.17, 15) is 57.6 Å². The highest BCUT2D eigenvalue weighted by Gasteiger charge is 2.19. The molecule has 32 heteroatoms. The van der Waals surface area contributed by atoms with E-state index in [0.29, 0.717) is 58.1 Å². The highest BCUT2D eigenvalue weighted by molar-refractivity contribution is 9.11. The van der Waals surface area contributed by atoms with Gasteiger partial charge in [0.05, 0.1) is 62.3 Å². The average Bonchev–Trinajstić information content (AvgIpc) is 2.74. The zero-order valence-corrected chi connectivity index (χ0v) is 55.5. The summed E-state index contributed by atoms with van der Waals surface area (Å²) in [5, 5.41) is 28.8. The quantitative estimate of drug-likeness (QED) is 0.0252. The first kappa shape index (κ1) is 72.6. The third kappa shape index (κ3) is 25.1. The first-order valence-electron chi connectivity index (χ1n) is 24.9. The lowest BCUT2D eigenvalue weighted by atomic mass is 10.1. The highest BCUT2D eigenvalue weighted by Crippen LogP contribution is 2.38. The second-order valence-corrected chi connectivity index (χ2v) is 28.1. The number of anilines is 3. The Hall–Kier alpha value is -5.86. The van der Waals surface area contributed by atoms with Crippen molar-refractivity contribution in [2.24, 2.45) is 0 Å². The predicted octanol–water partition coefficient (Wildman–Crippen LogP) is 12.7. The minimum Gasteiger partial charge on any atom is -0.487 e. The molecule has 0 radical (unpaired) electrons. The van der Waals surface area contributed by atoms with Crippen LogP contribution >= 0.6 is 86.9 Å². The number of carbonyl (C=O) groups is 4. The van der Waals surface area contributed by atoms with Crippen LogP contribution in [0.2, 0.25) is 10.0 Å². The summed E-state index contributed by atoms with van der Waals surface area (Å²) < 4.78 is 137. The SMILES string of the molecule is CCS(=O)(=O)Nc1cc(F)cc(COc2c(Br)cc(C(=O)NCC(=O)O)cc2Br)c1.CCS(=O)(=O)Nc1cc(F)cc(COc2c(Br)cc(CCC(=O)O)cc2Br)c1.CCS(=O)(=O)Nc1cc(F)cc(COc2c(Cl)cc(CCC(=O)O)cc2Cl)c1. The summed E-state index contributed by atoms with van der Waals surface area (Å²) in [6, 6.07) is 20.8. The van der Waals surface area contributed by atoms with E-state index in [4.69, 9.17) is 52.7 Å². The molecule has 1 amide bonds. The van der Waals surface area contributed by atoms with E-state index in [1.807, 2.05) is 0 Å². The summed E-state index contributed by atoms with van der Waals surface area (Å²) in [5.41, 5.74) is 3.15. The number of carboxylic acids is 3. The molecule has 0 heterocycles. The molecule has 0 aromatic heterocycles. The molecule has 6 rings (SSSR count). The van der Waals surface area contributed by atoms with Gasteiger partial charge in [-0.1, -0.05) is 23.2 Å². The fourth-order valence-electron chi connectivity index (χ4n) is 6.98. The molecular formula is C54H53Br4Cl2F3N4O16S3. The van der Waals surface area contributed by atoms with Crippen molar-refractivity contribution in [2.45, 2.75) is 66.3 Å². The van der Waals surface area contributed by atoms with E-state index in [1.165, 1.54) is 69.3 Å². The first-order valence-corrected chi connectivity index (χ1v) is 33.7. The molecule has 0 saturated heterocycles. The van der Waals surface area contributed by atoms with Crippen LogP contribution in [0.5, 0.6) is 17.2 Å². The van der Waals surface area contributed by atoms with Crippen LogP contribution in [0.25, 0.3) is 0 Å². The molecule has 0 spiro atoms. The Bertz CT molecular complexity index is 3590. The molecule has 0 unspecified atom stereocenters. The predicted molar refractivity (Wildman–Crippen MR) is 333 cm³/mol. The number of nitrogens with one attached hydrogen (secondary N) is 4. The summed E-state index contributed by atoms with van der Waals surface area (Å²) in [6.07, 6.45) is 0.586. The third-order valence-corrected chi connectivity index (χ3v) is 17.9. The van der Waals surface area contributed by atoms with Crippen LogP contribution in [-0.4, -0.2) is 88.2 Å². The number of aryl methyl sites for hydroxylation is 2. The van der Waals surface area contributed by atoms with E-state index < -0.39 is 77.9 Å². The fraction of sp³-hybridized carbons (Fsp3) is 0.259. The fourth-order valence-corrected chi connectivity index (χ4v) is 12.4. The Morgan fingerprint density at radius 2 is 0.767 bits per heavy atom.